The normalized spacial score (nSPS) is 17.6. The molecule has 6 rings (SSSR count). The van der Waals surface area contributed by atoms with Crippen LogP contribution < -0.4 is 9.64 Å². The van der Waals surface area contributed by atoms with Crippen molar-refractivity contribution in [3.63, 3.8) is 0 Å². The number of ether oxygens (including phenoxy) is 1. The summed E-state index contributed by atoms with van der Waals surface area (Å²) >= 11 is 0. The van der Waals surface area contributed by atoms with Gasteiger partial charge in [-0.1, -0.05) is 60.7 Å². The summed E-state index contributed by atoms with van der Waals surface area (Å²) in [6.45, 7) is 5.55. The van der Waals surface area contributed by atoms with Gasteiger partial charge in [0.25, 0.3) is 0 Å². The summed E-state index contributed by atoms with van der Waals surface area (Å²) in [5, 5.41) is 4.92. The monoisotopic (exact) mass is 479 g/mol. The van der Waals surface area contributed by atoms with Gasteiger partial charge < -0.3 is 19.4 Å². The van der Waals surface area contributed by atoms with E-state index in [-0.39, 0.29) is 6.09 Å². The number of carbonyl (C=O) groups is 1. The van der Waals surface area contributed by atoms with Crippen LogP contribution in [0, 0.1) is 0 Å². The Bertz CT molecular complexity index is 1380. The van der Waals surface area contributed by atoms with E-state index in [0.717, 1.165) is 44.4 Å². The second-order valence-electron chi connectivity index (χ2n) is 10.1. The number of anilines is 1. The van der Waals surface area contributed by atoms with Crippen molar-refractivity contribution < 1.29 is 9.53 Å². The number of fused-ring (bicyclic) bond motifs is 2. The molecule has 0 bridgehead atoms. The lowest BCUT2D eigenvalue weighted by Crippen LogP contribution is -2.44. The third kappa shape index (κ3) is 4.51. The van der Waals surface area contributed by atoms with E-state index in [1.807, 2.05) is 17.0 Å². The summed E-state index contributed by atoms with van der Waals surface area (Å²) in [5.41, 5.74) is 2.61. The topological polar surface area (TPSA) is 36.0 Å². The number of rotatable bonds is 3. The molecule has 5 nitrogen and oxygen atoms in total. The Kier molecular flexibility index (Phi) is 6.24. The van der Waals surface area contributed by atoms with Crippen LogP contribution in [0.25, 0.3) is 21.5 Å². The minimum atomic E-state index is -0.247. The van der Waals surface area contributed by atoms with Gasteiger partial charge in [-0.3, -0.25) is 0 Å². The molecule has 5 heteroatoms. The van der Waals surface area contributed by atoms with Gasteiger partial charge in [-0.2, -0.15) is 0 Å². The Morgan fingerprint density at radius 3 is 2.25 bits per heavy atom. The molecular weight excluding hydrogens is 446 g/mol. The van der Waals surface area contributed by atoms with Gasteiger partial charge in [0.1, 0.15) is 5.75 Å². The van der Waals surface area contributed by atoms with Crippen LogP contribution >= 0.6 is 0 Å². The van der Waals surface area contributed by atoms with Crippen molar-refractivity contribution >= 4 is 33.3 Å². The molecule has 36 heavy (non-hydrogen) atoms. The minimum Gasteiger partial charge on any atom is -0.410 e. The number of piperidine rings is 1. The van der Waals surface area contributed by atoms with E-state index in [1.165, 1.54) is 27.4 Å². The van der Waals surface area contributed by atoms with Crippen molar-refractivity contribution in [1.82, 2.24) is 9.80 Å². The van der Waals surface area contributed by atoms with Crippen LogP contribution in [0.1, 0.15) is 24.3 Å². The maximum absolute atomic E-state index is 13.1. The molecule has 2 heterocycles. The van der Waals surface area contributed by atoms with Crippen LogP contribution in [0.15, 0.2) is 78.9 Å². The largest absolute Gasteiger partial charge is 0.415 e. The summed E-state index contributed by atoms with van der Waals surface area (Å²) in [7, 11) is 2.17. The SMILES string of the molecule is CN1CCN(c2cccc3ccc(OC(=O)N4CCC(c5cccc6ccccc56)CC4)cc23)CC1. The van der Waals surface area contributed by atoms with E-state index < -0.39 is 0 Å². The Morgan fingerprint density at radius 2 is 1.44 bits per heavy atom. The molecule has 0 unspecified atom stereocenters. The second-order valence-corrected chi connectivity index (χ2v) is 10.1. The average molecular weight is 480 g/mol. The lowest BCUT2D eigenvalue weighted by atomic mass is 9.86. The van der Waals surface area contributed by atoms with Gasteiger partial charge in [0, 0.05) is 50.3 Å². The van der Waals surface area contributed by atoms with Gasteiger partial charge in [-0.15, -0.1) is 0 Å². The molecule has 0 atom stereocenters. The van der Waals surface area contributed by atoms with E-state index in [4.69, 9.17) is 4.74 Å². The molecule has 2 fully saturated rings. The van der Waals surface area contributed by atoms with Crippen molar-refractivity contribution in [1.29, 1.82) is 0 Å². The molecule has 2 aliphatic heterocycles. The molecule has 184 valence electrons. The molecule has 0 saturated carbocycles. The van der Waals surface area contributed by atoms with Gasteiger partial charge in [0.2, 0.25) is 0 Å². The van der Waals surface area contributed by atoms with Gasteiger partial charge in [0.15, 0.2) is 0 Å². The van der Waals surface area contributed by atoms with Crippen molar-refractivity contribution in [2.75, 3.05) is 51.2 Å². The first-order valence-corrected chi connectivity index (χ1v) is 13.1. The first kappa shape index (κ1) is 22.9. The third-order valence-corrected chi connectivity index (χ3v) is 7.90. The number of amides is 1. The molecule has 2 saturated heterocycles. The summed E-state index contributed by atoms with van der Waals surface area (Å²) in [4.78, 5) is 19.7. The van der Waals surface area contributed by atoms with Crippen LogP contribution in [-0.2, 0) is 0 Å². The Balaban J connectivity index is 1.14. The number of hydrogen-bond donors (Lipinski definition) is 0. The number of hydrogen-bond acceptors (Lipinski definition) is 4. The van der Waals surface area contributed by atoms with Crippen LogP contribution in [0.2, 0.25) is 0 Å². The molecule has 1 amide bonds. The van der Waals surface area contributed by atoms with Crippen LogP contribution in [-0.4, -0.2) is 62.2 Å². The smallest absolute Gasteiger partial charge is 0.410 e. The van der Waals surface area contributed by atoms with Gasteiger partial charge in [0.05, 0.1) is 0 Å². The average Bonchev–Trinajstić information content (AvgIpc) is 2.93. The fourth-order valence-electron chi connectivity index (χ4n) is 5.77. The first-order valence-electron chi connectivity index (χ1n) is 13.1. The number of carbonyl (C=O) groups excluding carboxylic acids is 1. The quantitative estimate of drug-likeness (QED) is 0.355. The lowest BCUT2D eigenvalue weighted by molar-refractivity contribution is 0.139. The minimum absolute atomic E-state index is 0.247. The highest BCUT2D eigenvalue weighted by molar-refractivity contribution is 5.95. The number of nitrogens with zero attached hydrogens (tertiary/aromatic N) is 3. The molecule has 4 aromatic rings. The zero-order valence-electron chi connectivity index (χ0n) is 20.9. The Hall–Kier alpha value is -3.57. The maximum Gasteiger partial charge on any atom is 0.415 e. The lowest BCUT2D eigenvalue weighted by Gasteiger charge is -2.34. The Labute approximate surface area is 212 Å². The highest BCUT2D eigenvalue weighted by atomic mass is 16.6. The highest BCUT2D eigenvalue weighted by Crippen LogP contribution is 2.34. The van der Waals surface area contributed by atoms with Gasteiger partial charge in [-0.05, 0) is 65.7 Å². The van der Waals surface area contributed by atoms with Crippen molar-refractivity contribution in [3.05, 3.63) is 84.4 Å². The van der Waals surface area contributed by atoms with Gasteiger partial charge in [-0.25, -0.2) is 4.79 Å². The fourth-order valence-corrected chi connectivity index (χ4v) is 5.77. The number of piperazine rings is 1. The van der Waals surface area contributed by atoms with Crippen molar-refractivity contribution in [2.45, 2.75) is 18.8 Å². The van der Waals surface area contributed by atoms with Gasteiger partial charge >= 0.3 is 6.09 Å². The highest BCUT2D eigenvalue weighted by Gasteiger charge is 2.26. The Morgan fingerprint density at radius 1 is 0.750 bits per heavy atom. The molecule has 0 aliphatic carbocycles. The molecule has 2 aliphatic rings. The predicted molar refractivity (Wildman–Crippen MR) is 147 cm³/mol. The van der Waals surface area contributed by atoms with E-state index in [0.29, 0.717) is 24.8 Å². The van der Waals surface area contributed by atoms with E-state index in [9.17, 15) is 4.79 Å². The van der Waals surface area contributed by atoms with Crippen LogP contribution in [0.4, 0.5) is 10.5 Å². The third-order valence-electron chi connectivity index (χ3n) is 7.90. The number of benzene rings is 4. The zero-order valence-corrected chi connectivity index (χ0v) is 20.9. The molecule has 4 aromatic carbocycles. The molecule has 0 aromatic heterocycles. The summed E-state index contributed by atoms with van der Waals surface area (Å²) in [5.74, 6) is 1.08. The molecular formula is C31H33N3O2. The zero-order chi connectivity index (χ0) is 24.5. The number of likely N-dealkylation sites (tertiary alicyclic amines) is 1. The maximum atomic E-state index is 13.1. The summed E-state index contributed by atoms with van der Waals surface area (Å²) in [6, 6.07) is 27.6. The molecule has 0 radical (unpaired) electrons. The fraction of sp³-hybridized carbons (Fsp3) is 0.323. The first-order chi connectivity index (χ1) is 17.7. The van der Waals surface area contributed by atoms with E-state index >= 15 is 0 Å². The summed E-state index contributed by atoms with van der Waals surface area (Å²) in [6.07, 6.45) is 1.66. The predicted octanol–water partition coefficient (Wildman–Crippen LogP) is 6.12. The van der Waals surface area contributed by atoms with Crippen LogP contribution in [0.3, 0.4) is 0 Å². The standard InChI is InChI=1S/C31H33N3O2/c1-32-18-20-33(21-19-32)30-11-5-8-24-12-13-26(22-29(24)30)36-31(35)34-16-14-25(15-17-34)28-10-4-7-23-6-2-3-9-27(23)28/h2-13,22,25H,14-21H2,1H3. The van der Waals surface area contributed by atoms with E-state index in [2.05, 4.69) is 83.6 Å². The van der Waals surface area contributed by atoms with Crippen LogP contribution in [0.5, 0.6) is 5.75 Å². The summed E-state index contributed by atoms with van der Waals surface area (Å²) < 4.78 is 5.89. The van der Waals surface area contributed by atoms with Crippen molar-refractivity contribution in [2.24, 2.45) is 0 Å². The van der Waals surface area contributed by atoms with E-state index in [1.54, 1.807) is 0 Å². The molecule has 0 spiro atoms. The number of likely N-dealkylation sites (N-methyl/N-ethyl adjacent to an activating group) is 1. The van der Waals surface area contributed by atoms with Crippen molar-refractivity contribution in [3.8, 4) is 5.75 Å². The molecule has 0 N–H and O–H groups in total. The second kappa shape index (κ2) is 9.82.